The summed E-state index contributed by atoms with van der Waals surface area (Å²) in [4.78, 5) is 5.51. The van der Waals surface area contributed by atoms with E-state index in [1.54, 1.807) is 12.1 Å². The van der Waals surface area contributed by atoms with Crippen LogP contribution >= 0.6 is 0 Å². The van der Waals surface area contributed by atoms with Gasteiger partial charge in [-0.05, 0) is 24.0 Å². The first-order valence-electron chi connectivity index (χ1n) is 6.18. The molecular weight excluding hydrogens is 234 g/mol. The highest BCUT2D eigenvalue weighted by molar-refractivity contribution is 5.56. The topological polar surface area (TPSA) is 7.60 Å². The molecule has 4 heteroatoms. The van der Waals surface area contributed by atoms with Crippen molar-refractivity contribution in [1.82, 2.24) is 0 Å². The lowest BCUT2D eigenvalue weighted by Gasteiger charge is -2.21. The first-order chi connectivity index (χ1) is 8.57. The largest absolute Gasteiger partial charge is 0.371 e. The van der Waals surface area contributed by atoms with E-state index >= 15 is 0 Å². The van der Waals surface area contributed by atoms with Gasteiger partial charge in [0.25, 0.3) is 0 Å². The summed E-state index contributed by atoms with van der Waals surface area (Å²) in [6.45, 7) is 8.34. The SMILES string of the molecule is [C-]#[N+]c1ccc(N2CC3CC(F)(F)CC3C2)cc1. The van der Waals surface area contributed by atoms with Crippen LogP contribution in [0.1, 0.15) is 12.8 Å². The Hall–Kier alpha value is -1.63. The van der Waals surface area contributed by atoms with Crippen molar-refractivity contribution in [1.29, 1.82) is 0 Å². The van der Waals surface area contributed by atoms with Crippen molar-refractivity contribution in [2.45, 2.75) is 18.8 Å². The summed E-state index contributed by atoms with van der Waals surface area (Å²) in [6.07, 6.45) is 0.0720. The van der Waals surface area contributed by atoms with Crippen LogP contribution in [0.15, 0.2) is 24.3 Å². The van der Waals surface area contributed by atoms with E-state index in [-0.39, 0.29) is 24.7 Å². The van der Waals surface area contributed by atoms with E-state index in [2.05, 4.69) is 9.74 Å². The van der Waals surface area contributed by atoms with E-state index < -0.39 is 5.92 Å². The van der Waals surface area contributed by atoms with Crippen LogP contribution < -0.4 is 4.90 Å². The molecule has 2 fully saturated rings. The molecule has 94 valence electrons. The fourth-order valence-corrected chi connectivity index (χ4v) is 3.20. The Morgan fingerprint density at radius 3 is 2.17 bits per heavy atom. The summed E-state index contributed by atoms with van der Waals surface area (Å²) < 4.78 is 26.5. The standard InChI is InChI=1S/C14H14F2N2/c1-17-12-2-4-13(5-3-12)18-8-10-6-14(15,16)7-11(10)9-18/h2-5,10-11H,6-9H2. The van der Waals surface area contributed by atoms with Crippen LogP contribution in [0, 0.1) is 18.4 Å². The van der Waals surface area contributed by atoms with Gasteiger partial charge in [-0.2, -0.15) is 0 Å². The molecule has 1 saturated carbocycles. The van der Waals surface area contributed by atoms with Gasteiger partial charge in [-0.1, -0.05) is 12.1 Å². The number of anilines is 1. The van der Waals surface area contributed by atoms with E-state index in [4.69, 9.17) is 6.57 Å². The number of alkyl halides is 2. The Bertz CT molecular complexity index is 474. The van der Waals surface area contributed by atoms with Crippen molar-refractivity contribution >= 4 is 11.4 Å². The average Bonchev–Trinajstić information content (AvgIpc) is 2.82. The van der Waals surface area contributed by atoms with Crippen molar-refractivity contribution in [2.24, 2.45) is 11.8 Å². The summed E-state index contributed by atoms with van der Waals surface area (Å²) in [5.41, 5.74) is 1.66. The molecule has 0 bridgehead atoms. The Labute approximate surface area is 105 Å². The highest BCUT2D eigenvalue weighted by atomic mass is 19.3. The van der Waals surface area contributed by atoms with Gasteiger partial charge < -0.3 is 4.90 Å². The van der Waals surface area contributed by atoms with Gasteiger partial charge in [-0.3, -0.25) is 0 Å². The van der Waals surface area contributed by atoms with Crippen molar-refractivity contribution < 1.29 is 8.78 Å². The third kappa shape index (κ3) is 1.94. The lowest BCUT2D eigenvalue weighted by molar-refractivity contribution is 0.00174. The Balaban J connectivity index is 1.72. The van der Waals surface area contributed by atoms with Gasteiger partial charge in [0.05, 0.1) is 6.57 Å². The molecule has 0 N–H and O–H groups in total. The molecule has 0 spiro atoms. The number of nitrogens with zero attached hydrogens (tertiary/aromatic N) is 2. The van der Waals surface area contributed by atoms with Crippen molar-refractivity contribution in [3.8, 4) is 0 Å². The average molecular weight is 248 g/mol. The van der Waals surface area contributed by atoms with E-state index in [1.807, 2.05) is 12.1 Å². The van der Waals surface area contributed by atoms with Gasteiger partial charge in [0.1, 0.15) is 0 Å². The van der Waals surface area contributed by atoms with E-state index in [0.29, 0.717) is 5.69 Å². The first kappa shape index (κ1) is 11.5. The Morgan fingerprint density at radius 2 is 1.67 bits per heavy atom. The summed E-state index contributed by atoms with van der Waals surface area (Å²) in [7, 11) is 0. The molecule has 1 aliphatic heterocycles. The van der Waals surface area contributed by atoms with Gasteiger partial charge in [-0.15, -0.1) is 0 Å². The van der Waals surface area contributed by atoms with Crippen molar-refractivity contribution in [3.05, 3.63) is 35.7 Å². The molecule has 0 radical (unpaired) electrons. The fourth-order valence-electron chi connectivity index (χ4n) is 3.20. The number of halogens is 2. The normalized spacial score (nSPS) is 29.1. The van der Waals surface area contributed by atoms with Crippen molar-refractivity contribution in [3.63, 3.8) is 0 Å². The predicted molar refractivity (Wildman–Crippen MR) is 66.1 cm³/mol. The quantitative estimate of drug-likeness (QED) is 0.687. The van der Waals surface area contributed by atoms with Crippen LogP contribution in [-0.4, -0.2) is 19.0 Å². The lowest BCUT2D eigenvalue weighted by Crippen LogP contribution is -2.24. The molecule has 1 heterocycles. The first-order valence-corrected chi connectivity index (χ1v) is 6.18. The van der Waals surface area contributed by atoms with Crippen LogP contribution in [0.2, 0.25) is 0 Å². The molecule has 1 aromatic rings. The number of hydrogen-bond acceptors (Lipinski definition) is 1. The molecule has 0 aromatic heterocycles. The lowest BCUT2D eigenvalue weighted by atomic mass is 10.0. The third-order valence-electron chi connectivity index (χ3n) is 4.04. The summed E-state index contributed by atoms with van der Waals surface area (Å²) in [6, 6.07) is 7.38. The van der Waals surface area contributed by atoms with Crippen LogP contribution in [0.4, 0.5) is 20.2 Å². The smallest absolute Gasteiger partial charge is 0.248 e. The zero-order valence-electron chi connectivity index (χ0n) is 9.94. The zero-order chi connectivity index (χ0) is 12.8. The third-order valence-corrected chi connectivity index (χ3v) is 4.04. The minimum absolute atomic E-state index is 0.0360. The molecule has 2 atom stereocenters. The zero-order valence-corrected chi connectivity index (χ0v) is 9.94. The second-order valence-electron chi connectivity index (χ2n) is 5.32. The molecule has 0 amide bonds. The summed E-state index contributed by atoms with van der Waals surface area (Å²) >= 11 is 0. The highest BCUT2D eigenvalue weighted by Crippen LogP contribution is 2.47. The van der Waals surface area contributed by atoms with E-state index in [9.17, 15) is 8.78 Å². The van der Waals surface area contributed by atoms with E-state index in [0.717, 1.165) is 18.8 Å². The maximum atomic E-state index is 13.2. The Morgan fingerprint density at radius 1 is 1.11 bits per heavy atom. The molecular formula is C14H14F2N2. The van der Waals surface area contributed by atoms with Crippen LogP contribution in [-0.2, 0) is 0 Å². The van der Waals surface area contributed by atoms with Gasteiger partial charge in [-0.25, -0.2) is 13.6 Å². The molecule has 2 aliphatic rings. The number of hydrogen-bond donors (Lipinski definition) is 0. The monoisotopic (exact) mass is 248 g/mol. The van der Waals surface area contributed by atoms with Gasteiger partial charge >= 0.3 is 0 Å². The maximum Gasteiger partial charge on any atom is 0.248 e. The molecule has 2 nitrogen and oxygen atoms in total. The minimum atomic E-state index is -2.45. The van der Waals surface area contributed by atoms with Crippen molar-refractivity contribution in [2.75, 3.05) is 18.0 Å². The minimum Gasteiger partial charge on any atom is -0.371 e. The second-order valence-corrected chi connectivity index (χ2v) is 5.32. The maximum absolute atomic E-state index is 13.2. The Kier molecular flexibility index (Phi) is 2.51. The molecule has 1 aliphatic carbocycles. The van der Waals surface area contributed by atoms with Crippen LogP contribution in [0.5, 0.6) is 0 Å². The molecule has 3 rings (SSSR count). The van der Waals surface area contributed by atoms with Gasteiger partial charge in [0.2, 0.25) is 5.92 Å². The predicted octanol–water partition coefficient (Wildman–Crippen LogP) is 3.72. The molecule has 18 heavy (non-hydrogen) atoms. The molecule has 2 unspecified atom stereocenters. The van der Waals surface area contributed by atoms with Crippen LogP contribution in [0.25, 0.3) is 4.85 Å². The molecule has 1 aromatic carbocycles. The number of benzene rings is 1. The van der Waals surface area contributed by atoms with Crippen LogP contribution in [0.3, 0.4) is 0 Å². The summed E-state index contributed by atoms with van der Waals surface area (Å²) in [5, 5.41) is 0. The number of fused-ring (bicyclic) bond motifs is 1. The van der Waals surface area contributed by atoms with Gasteiger partial charge in [0.15, 0.2) is 5.69 Å². The fraction of sp³-hybridized carbons (Fsp3) is 0.500. The number of rotatable bonds is 1. The molecule has 1 saturated heterocycles. The second kappa shape index (κ2) is 3.94. The van der Waals surface area contributed by atoms with Gasteiger partial charge in [0, 0.05) is 31.6 Å². The van der Waals surface area contributed by atoms with E-state index in [1.165, 1.54) is 0 Å². The summed E-state index contributed by atoms with van der Waals surface area (Å²) in [5.74, 6) is -2.20. The highest BCUT2D eigenvalue weighted by Gasteiger charge is 2.50.